The van der Waals surface area contributed by atoms with Gasteiger partial charge in [0, 0.05) is 19.3 Å². The summed E-state index contributed by atoms with van der Waals surface area (Å²) < 4.78 is 0. The number of aryl methyl sites for hydroxylation is 1. The molecule has 1 atom stereocenters. The van der Waals surface area contributed by atoms with Crippen molar-refractivity contribution in [3.8, 4) is 10.4 Å². The Kier molecular flexibility index (Phi) is 8.85. The predicted molar refractivity (Wildman–Crippen MR) is 128 cm³/mol. The molecule has 2 rings (SSSR count). The minimum atomic E-state index is -0.0128. The number of amides is 1. The van der Waals surface area contributed by atoms with Gasteiger partial charge in [0.2, 0.25) is 0 Å². The summed E-state index contributed by atoms with van der Waals surface area (Å²) in [5.41, 5.74) is 7.68. The van der Waals surface area contributed by atoms with E-state index in [4.69, 9.17) is 0 Å². The molecule has 2 aromatic rings. The number of benzene rings is 1. The van der Waals surface area contributed by atoms with Crippen LogP contribution in [0.2, 0.25) is 0 Å². The lowest BCUT2D eigenvalue weighted by molar-refractivity contribution is -0.126. The number of hydrogen-bond acceptors (Lipinski definition) is 4. The molecule has 5 heteroatoms. The largest absolute Gasteiger partial charge is 0.355 e. The molecule has 162 valence electrons. The molecule has 0 fully saturated rings. The lowest BCUT2D eigenvalue weighted by Gasteiger charge is -2.24. The Morgan fingerprint density at radius 1 is 1.27 bits per heavy atom. The zero-order chi connectivity index (χ0) is 22.3. The molecule has 4 nitrogen and oxygen atoms in total. The maximum absolute atomic E-state index is 13.1. The van der Waals surface area contributed by atoms with Crippen molar-refractivity contribution in [2.75, 3.05) is 7.05 Å². The Labute approximate surface area is 185 Å². The first-order valence-electron chi connectivity index (χ1n) is 10.6. The standard InChI is InChI=1S/C25H35N3OS/c1-8-9-10-18(4)19(5)27-23(17(2)3)25(29)28(7)15-21-11-13-22(14-12-21)24-20(6)26-16-30-24/h11-14,16,18,27H,5,8-10,15H2,1-4,6-7H3. The number of allylic oxidation sites excluding steroid dienone is 2. The van der Waals surface area contributed by atoms with Crippen LogP contribution in [0.3, 0.4) is 0 Å². The summed E-state index contributed by atoms with van der Waals surface area (Å²) in [5, 5.41) is 3.31. The Morgan fingerprint density at radius 3 is 2.47 bits per heavy atom. The van der Waals surface area contributed by atoms with Gasteiger partial charge in [0.15, 0.2) is 0 Å². The highest BCUT2D eigenvalue weighted by Gasteiger charge is 2.19. The highest BCUT2D eigenvalue weighted by Crippen LogP contribution is 2.27. The first-order valence-corrected chi connectivity index (χ1v) is 11.5. The second kappa shape index (κ2) is 11.1. The van der Waals surface area contributed by atoms with Gasteiger partial charge in [-0.1, -0.05) is 57.5 Å². The van der Waals surface area contributed by atoms with Crippen LogP contribution in [0.15, 0.2) is 53.3 Å². The van der Waals surface area contributed by atoms with E-state index in [1.54, 1.807) is 16.2 Å². The summed E-state index contributed by atoms with van der Waals surface area (Å²) in [6.45, 7) is 15.0. The van der Waals surface area contributed by atoms with Crippen LogP contribution in [0.4, 0.5) is 0 Å². The number of thiazole rings is 1. The second-order valence-corrected chi connectivity index (χ2v) is 9.05. The molecule has 1 amide bonds. The van der Waals surface area contributed by atoms with Gasteiger partial charge in [0.05, 0.1) is 16.1 Å². The molecule has 0 spiro atoms. The van der Waals surface area contributed by atoms with Gasteiger partial charge in [0.1, 0.15) is 5.70 Å². The molecule has 1 aromatic heterocycles. The van der Waals surface area contributed by atoms with Crippen molar-refractivity contribution >= 4 is 17.2 Å². The van der Waals surface area contributed by atoms with E-state index in [1.807, 2.05) is 33.3 Å². The fourth-order valence-electron chi connectivity index (χ4n) is 3.24. The normalized spacial score (nSPS) is 11.7. The van der Waals surface area contributed by atoms with Gasteiger partial charge < -0.3 is 10.2 Å². The number of likely N-dealkylation sites (N-methyl/N-ethyl adjacent to an activating group) is 1. The number of rotatable bonds is 10. The molecular weight excluding hydrogens is 390 g/mol. The zero-order valence-corrected chi connectivity index (χ0v) is 20.0. The lowest BCUT2D eigenvalue weighted by atomic mass is 10.0. The summed E-state index contributed by atoms with van der Waals surface area (Å²) >= 11 is 1.65. The van der Waals surface area contributed by atoms with Crippen molar-refractivity contribution < 1.29 is 4.79 Å². The quantitative estimate of drug-likeness (QED) is 0.454. The van der Waals surface area contributed by atoms with E-state index >= 15 is 0 Å². The first kappa shape index (κ1) is 23.9. The van der Waals surface area contributed by atoms with Gasteiger partial charge in [0.25, 0.3) is 5.91 Å². The molecular formula is C25H35N3OS. The smallest absolute Gasteiger partial charge is 0.270 e. The number of hydrogen-bond donors (Lipinski definition) is 1. The number of carbonyl (C=O) groups is 1. The molecule has 0 saturated carbocycles. The second-order valence-electron chi connectivity index (χ2n) is 8.19. The minimum absolute atomic E-state index is 0.0128. The summed E-state index contributed by atoms with van der Waals surface area (Å²) in [6.07, 6.45) is 3.40. The highest BCUT2D eigenvalue weighted by atomic mass is 32.1. The van der Waals surface area contributed by atoms with Crippen molar-refractivity contribution in [2.24, 2.45) is 5.92 Å². The Balaban J connectivity index is 2.04. The number of carbonyl (C=O) groups excluding carboxylic acids is 1. The third kappa shape index (κ3) is 6.30. The zero-order valence-electron chi connectivity index (χ0n) is 19.2. The van der Waals surface area contributed by atoms with Gasteiger partial charge in [-0.05, 0) is 49.8 Å². The van der Waals surface area contributed by atoms with Crippen LogP contribution in [0.25, 0.3) is 10.4 Å². The number of aromatic nitrogens is 1. The number of nitrogens with zero attached hydrogens (tertiary/aromatic N) is 2. The van der Waals surface area contributed by atoms with Crippen LogP contribution in [0, 0.1) is 12.8 Å². The Morgan fingerprint density at radius 2 is 1.93 bits per heavy atom. The number of unbranched alkanes of at least 4 members (excludes halogenated alkanes) is 1. The third-order valence-corrected chi connectivity index (χ3v) is 6.29. The highest BCUT2D eigenvalue weighted by molar-refractivity contribution is 7.13. The molecule has 0 aliphatic heterocycles. The lowest BCUT2D eigenvalue weighted by Crippen LogP contribution is -2.34. The average Bonchev–Trinajstić information content (AvgIpc) is 3.15. The van der Waals surface area contributed by atoms with Crippen molar-refractivity contribution in [3.63, 3.8) is 0 Å². The van der Waals surface area contributed by atoms with Gasteiger partial charge in [-0.25, -0.2) is 4.98 Å². The fraction of sp³-hybridized carbons (Fsp3) is 0.440. The first-order chi connectivity index (χ1) is 14.2. The average molecular weight is 426 g/mol. The summed E-state index contributed by atoms with van der Waals surface area (Å²) in [4.78, 5) is 20.4. The van der Waals surface area contributed by atoms with Crippen LogP contribution in [0.1, 0.15) is 58.2 Å². The molecule has 0 aliphatic carbocycles. The predicted octanol–water partition coefficient (Wildman–Crippen LogP) is 6.30. The van der Waals surface area contributed by atoms with E-state index in [2.05, 4.69) is 55.0 Å². The molecule has 30 heavy (non-hydrogen) atoms. The van der Waals surface area contributed by atoms with Gasteiger partial charge >= 0.3 is 0 Å². The summed E-state index contributed by atoms with van der Waals surface area (Å²) in [5.74, 6) is 0.321. The Bertz CT molecular complexity index is 891. The fourth-order valence-corrected chi connectivity index (χ4v) is 4.05. The molecule has 0 saturated heterocycles. The van der Waals surface area contributed by atoms with E-state index in [0.717, 1.165) is 47.4 Å². The van der Waals surface area contributed by atoms with Gasteiger partial charge in [-0.2, -0.15) is 0 Å². The molecule has 0 radical (unpaired) electrons. The molecule has 1 heterocycles. The molecule has 0 aliphatic rings. The maximum Gasteiger partial charge on any atom is 0.270 e. The van der Waals surface area contributed by atoms with E-state index in [1.165, 1.54) is 4.88 Å². The SMILES string of the molecule is C=C(NC(C(=O)N(C)Cc1ccc(-c2scnc2C)cc1)=C(C)C)C(C)CCCC. The molecule has 1 N–H and O–H groups in total. The Hall–Kier alpha value is -2.40. The van der Waals surface area contributed by atoms with E-state index < -0.39 is 0 Å². The molecule has 1 unspecified atom stereocenters. The van der Waals surface area contributed by atoms with E-state index in [-0.39, 0.29) is 5.91 Å². The van der Waals surface area contributed by atoms with Crippen molar-refractivity contribution in [1.29, 1.82) is 0 Å². The summed E-state index contributed by atoms with van der Waals surface area (Å²) in [6, 6.07) is 8.37. The minimum Gasteiger partial charge on any atom is -0.355 e. The number of nitrogens with one attached hydrogen (secondary N) is 1. The summed E-state index contributed by atoms with van der Waals surface area (Å²) in [7, 11) is 1.84. The topological polar surface area (TPSA) is 45.2 Å². The van der Waals surface area contributed by atoms with Crippen LogP contribution < -0.4 is 5.32 Å². The maximum atomic E-state index is 13.1. The van der Waals surface area contributed by atoms with Crippen LogP contribution in [-0.2, 0) is 11.3 Å². The van der Waals surface area contributed by atoms with Crippen molar-refractivity contribution in [3.05, 3.63) is 64.6 Å². The third-order valence-electron chi connectivity index (χ3n) is 5.31. The van der Waals surface area contributed by atoms with E-state index in [9.17, 15) is 4.79 Å². The van der Waals surface area contributed by atoms with Gasteiger partial charge in [-0.15, -0.1) is 11.3 Å². The van der Waals surface area contributed by atoms with Crippen LogP contribution in [-0.4, -0.2) is 22.8 Å². The molecule has 0 bridgehead atoms. The van der Waals surface area contributed by atoms with E-state index in [0.29, 0.717) is 18.2 Å². The van der Waals surface area contributed by atoms with Gasteiger partial charge in [-0.3, -0.25) is 4.79 Å². The van der Waals surface area contributed by atoms with Crippen LogP contribution >= 0.6 is 11.3 Å². The van der Waals surface area contributed by atoms with Crippen molar-refractivity contribution in [2.45, 2.75) is 60.4 Å². The van der Waals surface area contributed by atoms with Crippen LogP contribution in [0.5, 0.6) is 0 Å². The monoisotopic (exact) mass is 425 g/mol. The van der Waals surface area contributed by atoms with Crippen molar-refractivity contribution in [1.82, 2.24) is 15.2 Å². The molecule has 1 aromatic carbocycles.